The molecule has 36 heavy (non-hydrogen) atoms. The first-order valence-corrected chi connectivity index (χ1v) is 11.7. The van der Waals surface area contributed by atoms with Gasteiger partial charge in [0.25, 0.3) is 11.4 Å². The van der Waals surface area contributed by atoms with Gasteiger partial charge >= 0.3 is 0 Å². The molecule has 0 radical (unpaired) electrons. The Hall–Kier alpha value is -4.52. The second kappa shape index (κ2) is 11.3. The molecule has 2 aromatic carbocycles. The van der Waals surface area contributed by atoms with E-state index in [0.717, 1.165) is 39.6 Å². The number of nitrogens with zero attached hydrogens (tertiary/aromatic N) is 6. The first kappa shape index (κ1) is 24.6. The molecule has 0 spiro atoms. The molecule has 2 aromatic heterocycles. The molecule has 0 aliphatic rings. The fourth-order valence-corrected chi connectivity index (χ4v) is 3.72. The summed E-state index contributed by atoms with van der Waals surface area (Å²) in [4.78, 5) is 0. The number of para-hydroxylation sites is 1. The van der Waals surface area contributed by atoms with Crippen LogP contribution in [0.3, 0.4) is 0 Å². The Balaban J connectivity index is 1.56. The average Bonchev–Trinajstić information content (AvgIpc) is 2.92. The summed E-state index contributed by atoms with van der Waals surface area (Å²) < 4.78 is 9.46. The maximum Gasteiger partial charge on any atom is 0.277 e. The molecule has 7 nitrogen and oxygen atoms in total. The summed E-state index contributed by atoms with van der Waals surface area (Å²) >= 11 is 0. The lowest BCUT2D eigenvalue weighted by molar-refractivity contribution is -0.690. The van der Waals surface area contributed by atoms with Crippen molar-refractivity contribution in [2.24, 2.45) is 24.3 Å². The number of aromatic nitrogens is 2. The van der Waals surface area contributed by atoms with E-state index in [1.165, 1.54) is 0 Å². The van der Waals surface area contributed by atoms with Gasteiger partial charge in [-0.25, -0.2) is 0 Å². The topological polar surface area (TPSA) is 48.2 Å². The van der Waals surface area contributed by atoms with Crippen LogP contribution >= 0.6 is 0 Å². The summed E-state index contributed by atoms with van der Waals surface area (Å²) in [5.74, 6) is 0.822. The summed E-state index contributed by atoms with van der Waals surface area (Å²) in [6.45, 7) is 0. The molecule has 0 aliphatic heterocycles. The molecule has 182 valence electrons. The highest BCUT2D eigenvalue weighted by Crippen LogP contribution is 2.19. The number of ether oxygens (including phenoxy) is 1. The van der Waals surface area contributed by atoms with Crippen LogP contribution in [0.4, 0.5) is 11.4 Å². The van der Waals surface area contributed by atoms with Crippen LogP contribution < -0.4 is 23.9 Å². The summed E-state index contributed by atoms with van der Waals surface area (Å²) in [6, 6.07) is 26.3. The molecule has 4 aromatic rings. The predicted molar refractivity (Wildman–Crippen MR) is 146 cm³/mol. The van der Waals surface area contributed by atoms with Gasteiger partial charge in [0.15, 0.2) is 12.4 Å². The Morgan fingerprint density at radius 1 is 0.667 bits per heavy atom. The van der Waals surface area contributed by atoms with E-state index in [9.17, 15) is 0 Å². The fourth-order valence-electron chi connectivity index (χ4n) is 3.72. The van der Waals surface area contributed by atoms with Crippen molar-refractivity contribution in [1.82, 2.24) is 0 Å². The lowest BCUT2D eigenvalue weighted by Crippen LogP contribution is -2.38. The maximum absolute atomic E-state index is 5.24. The van der Waals surface area contributed by atoms with Gasteiger partial charge < -0.3 is 4.74 Å². The zero-order chi connectivity index (χ0) is 25.5. The highest BCUT2D eigenvalue weighted by Gasteiger charge is 2.20. The third-order valence-electron chi connectivity index (χ3n) is 5.95. The van der Waals surface area contributed by atoms with Crippen LogP contribution in [0.2, 0.25) is 0 Å². The van der Waals surface area contributed by atoms with Crippen LogP contribution in [0, 0.1) is 0 Å². The quantitative estimate of drug-likeness (QED) is 0.218. The maximum atomic E-state index is 5.24. The Bertz CT molecular complexity index is 1370. The SMILES string of the molecule is COc1ccc(N(C)N=Cc2cc[n+](C)c(-c3cc(C=NN(C)c4ccccc4)cc[n+]3C)c2)cc1. The predicted octanol–water partition coefficient (Wildman–Crippen LogP) is 3.95. The van der Waals surface area contributed by atoms with E-state index < -0.39 is 0 Å². The van der Waals surface area contributed by atoms with E-state index in [4.69, 9.17) is 4.74 Å². The molecule has 4 rings (SSSR count). The van der Waals surface area contributed by atoms with Crippen LogP contribution in [-0.2, 0) is 14.1 Å². The fraction of sp³-hybridized carbons (Fsp3) is 0.172. The van der Waals surface area contributed by atoms with Gasteiger partial charge in [-0.3, -0.25) is 10.0 Å². The third-order valence-corrected chi connectivity index (χ3v) is 5.95. The number of benzene rings is 2. The molecule has 0 fully saturated rings. The zero-order valence-electron chi connectivity index (χ0n) is 21.4. The number of pyridine rings is 2. The normalized spacial score (nSPS) is 11.2. The summed E-state index contributed by atoms with van der Waals surface area (Å²) in [5, 5.41) is 12.9. The average molecular weight is 481 g/mol. The van der Waals surface area contributed by atoms with E-state index in [0.29, 0.717) is 0 Å². The molecule has 7 heteroatoms. The number of hydrogen-bond donors (Lipinski definition) is 0. The molecule has 0 amide bonds. The molecule has 0 saturated carbocycles. The number of methoxy groups -OCH3 is 1. The number of aryl methyl sites for hydroxylation is 2. The lowest BCUT2D eigenvalue weighted by atomic mass is 10.1. The van der Waals surface area contributed by atoms with Crippen molar-refractivity contribution in [3.05, 3.63) is 102 Å². The molecule has 0 unspecified atom stereocenters. The first-order chi connectivity index (χ1) is 17.4. The Morgan fingerprint density at radius 3 is 1.61 bits per heavy atom. The number of anilines is 2. The Morgan fingerprint density at radius 2 is 1.14 bits per heavy atom. The van der Waals surface area contributed by atoms with Gasteiger partial charge in [-0.2, -0.15) is 19.3 Å². The number of hydrogen-bond acceptors (Lipinski definition) is 5. The molecular formula is C29H32N6O+2. The van der Waals surface area contributed by atoms with Crippen molar-refractivity contribution in [3.8, 4) is 17.1 Å². The van der Waals surface area contributed by atoms with Crippen molar-refractivity contribution < 1.29 is 13.9 Å². The van der Waals surface area contributed by atoms with Crippen molar-refractivity contribution in [1.29, 1.82) is 0 Å². The molecule has 0 atom stereocenters. The van der Waals surface area contributed by atoms with Crippen LogP contribution in [0.15, 0.2) is 101 Å². The van der Waals surface area contributed by atoms with Crippen LogP contribution in [0.25, 0.3) is 11.4 Å². The van der Waals surface area contributed by atoms with Crippen molar-refractivity contribution in [2.75, 3.05) is 31.2 Å². The van der Waals surface area contributed by atoms with Gasteiger partial charge in [-0.15, -0.1) is 0 Å². The smallest absolute Gasteiger partial charge is 0.277 e. The second-order valence-electron chi connectivity index (χ2n) is 8.48. The van der Waals surface area contributed by atoms with Crippen LogP contribution in [-0.4, -0.2) is 33.6 Å². The van der Waals surface area contributed by atoms with Crippen molar-refractivity contribution in [3.63, 3.8) is 0 Å². The molecular weight excluding hydrogens is 448 g/mol. The highest BCUT2D eigenvalue weighted by molar-refractivity contribution is 5.83. The van der Waals surface area contributed by atoms with Crippen molar-refractivity contribution in [2.45, 2.75) is 0 Å². The first-order valence-electron chi connectivity index (χ1n) is 11.7. The number of rotatable bonds is 8. The summed E-state index contributed by atoms with van der Waals surface area (Å²) in [5.41, 5.74) is 6.18. The molecule has 0 aliphatic carbocycles. The van der Waals surface area contributed by atoms with E-state index in [-0.39, 0.29) is 0 Å². The highest BCUT2D eigenvalue weighted by atomic mass is 16.5. The van der Waals surface area contributed by atoms with E-state index in [2.05, 4.69) is 49.8 Å². The van der Waals surface area contributed by atoms with Crippen LogP contribution in [0.5, 0.6) is 5.75 Å². The van der Waals surface area contributed by atoms with Crippen LogP contribution in [0.1, 0.15) is 11.1 Å². The molecule has 0 bridgehead atoms. The Kier molecular flexibility index (Phi) is 7.70. The van der Waals surface area contributed by atoms with Gasteiger partial charge in [0.1, 0.15) is 19.8 Å². The third kappa shape index (κ3) is 5.93. The minimum Gasteiger partial charge on any atom is -0.497 e. The minimum atomic E-state index is 0.822. The van der Waals surface area contributed by atoms with Gasteiger partial charge in [-0.05, 0) is 36.4 Å². The summed E-state index contributed by atoms with van der Waals surface area (Å²) in [6.07, 6.45) is 7.85. The summed E-state index contributed by atoms with van der Waals surface area (Å²) in [7, 11) is 9.63. The largest absolute Gasteiger partial charge is 0.497 e. The van der Waals surface area contributed by atoms with Gasteiger partial charge in [0.2, 0.25) is 0 Å². The second-order valence-corrected chi connectivity index (χ2v) is 8.48. The minimum absolute atomic E-state index is 0.822. The molecule has 2 heterocycles. The van der Waals surface area contributed by atoms with E-state index in [1.807, 2.05) is 111 Å². The molecule has 0 N–H and O–H groups in total. The number of hydrazone groups is 2. The standard InChI is InChI=1S/C29H32N6O/c1-32-17-15-23(21-30-34(3)25-9-7-6-8-10-25)19-28(32)29-20-24(16-18-33(29)2)22-31-35(4)26-11-13-27(36-5)14-12-26/h6-22H,1-5H3/q+2. The zero-order valence-corrected chi connectivity index (χ0v) is 21.4. The monoisotopic (exact) mass is 480 g/mol. The van der Waals surface area contributed by atoms with Gasteiger partial charge in [0.05, 0.1) is 30.9 Å². The Labute approximate surface area is 212 Å². The van der Waals surface area contributed by atoms with E-state index >= 15 is 0 Å². The molecule has 0 saturated heterocycles. The van der Waals surface area contributed by atoms with Gasteiger partial charge in [0, 0.05) is 49.5 Å². The van der Waals surface area contributed by atoms with Crippen molar-refractivity contribution >= 4 is 23.8 Å². The van der Waals surface area contributed by atoms with E-state index in [1.54, 1.807) is 7.11 Å². The lowest BCUT2D eigenvalue weighted by Gasteiger charge is -2.13. The van der Waals surface area contributed by atoms with Gasteiger partial charge in [-0.1, -0.05) is 18.2 Å².